The molecular weight excluding hydrogens is 473 g/mol. The zero-order chi connectivity index (χ0) is 26.4. The number of hydrogen-bond donors (Lipinski definition) is 2. The molecule has 9 heteroatoms. The van der Waals surface area contributed by atoms with Crippen LogP contribution in [0.1, 0.15) is 44.9 Å². The molecule has 8 nitrogen and oxygen atoms in total. The standard InChI is InChI=1S/C28H28FN5O3/c1-18(20-12-13-22(23(29)15-20)19-9-6-5-7-10-19)24-16-25(37-34-24)32-26(31-21-11-8-14-30-17-21)33-27(35)36-28(2,3)4/h5-18H,1-4H3,(H2,31,32,33,35). The van der Waals surface area contributed by atoms with E-state index in [-0.39, 0.29) is 23.6 Å². The van der Waals surface area contributed by atoms with Crippen molar-refractivity contribution in [3.05, 3.63) is 96.2 Å². The second kappa shape index (κ2) is 11.0. The third-order valence-electron chi connectivity index (χ3n) is 5.30. The van der Waals surface area contributed by atoms with Crippen LogP contribution in [0.4, 0.5) is 20.8 Å². The monoisotopic (exact) mass is 501 g/mol. The Morgan fingerprint density at radius 1 is 1.08 bits per heavy atom. The predicted octanol–water partition coefficient (Wildman–Crippen LogP) is 6.65. The maximum Gasteiger partial charge on any atom is 0.414 e. The summed E-state index contributed by atoms with van der Waals surface area (Å²) in [5.74, 6) is -0.371. The Hall–Kier alpha value is -4.53. The van der Waals surface area contributed by atoms with Gasteiger partial charge >= 0.3 is 6.09 Å². The van der Waals surface area contributed by atoms with Crippen molar-refractivity contribution in [1.29, 1.82) is 0 Å². The number of amides is 1. The second-order valence-electron chi connectivity index (χ2n) is 9.37. The molecule has 190 valence electrons. The van der Waals surface area contributed by atoms with Gasteiger partial charge in [0, 0.05) is 23.7 Å². The maximum absolute atomic E-state index is 14.9. The minimum atomic E-state index is -0.691. The first-order valence-electron chi connectivity index (χ1n) is 11.8. The number of carbonyl (C=O) groups excluding carboxylic acids is 1. The highest BCUT2D eigenvalue weighted by Gasteiger charge is 2.20. The fraction of sp³-hybridized carbons (Fsp3) is 0.214. The smallest absolute Gasteiger partial charge is 0.414 e. The van der Waals surface area contributed by atoms with Crippen LogP contribution in [0.5, 0.6) is 0 Å². The summed E-state index contributed by atoms with van der Waals surface area (Å²) in [7, 11) is 0. The van der Waals surface area contributed by atoms with Gasteiger partial charge in [0.15, 0.2) is 0 Å². The summed E-state index contributed by atoms with van der Waals surface area (Å²) in [4.78, 5) is 20.8. The molecule has 0 spiro atoms. The van der Waals surface area contributed by atoms with Gasteiger partial charge in [-0.15, -0.1) is 0 Å². The number of hydrogen-bond acceptors (Lipinski definition) is 6. The molecule has 0 saturated heterocycles. The van der Waals surface area contributed by atoms with E-state index in [1.807, 2.05) is 43.3 Å². The molecule has 2 aromatic heterocycles. The van der Waals surface area contributed by atoms with Gasteiger partial charge in [-0.05, 0) is 50.1 Å². The average molecular weight is 502 g/mol. The topological polar surface area (TPSA) is 102 Å². The van der Waals surface area contributed by atoms with Crippen molar-refractivity contribution in [2.45, 2.75) is 39.2 Å². The lowest BCUT2D eigenvalue weighted by atomic mass is 9.95. The molecule has 2 N–H and O–H groups in total. The maximum atomic E-state index is 14.9. The molecule has 2 heterocycles. The van der Waals surface area contributed by atoms with Gasteiger partial charge in [0.25, 0.3) is 5.88 Å². The van der Waals surface area contributed by atoms with E-state index in [1.165, 1.54) is 6.07 Å². The molecule has 0 bridgehead atoms. The number of nitrogens with zero attached hydrogens (tertiary/aromatic N) is 3. The first-order chi connectivity index (χ1) is 17.7. The highest BCUT2D eigenvalue weighted by Crippen LogP contribution is 2.30. The third kappa shape index (κ3) is 7.00. The van der Waals surface area contributed by atoms with Crippen LogP contribution in [-0.2, 0) is 4.74 Å². The molecule has 0 aliphatic carbocycles. The van der Waals surface area contributed by atoms with Gasteiger partial charge in [-0.1, -0.05) is 54.5 Å². The van der Waals surface area contributed by atoms with E-state index in [0.29, 0.717) is 16.9 Å². The van der Waals surface area contributed by atoms with Gasteiger partial charge in [-0.2, -0.15) is 4.99 Å². The Morgan fingerprint density at radius 3 is 2.54 bits per heavy atom. The van der Waals surface area contributed by atoms with Crippen molar-refractivity contribution >= 4 is 23.6 Å². The second-order valence-corrected chi connectivity index (χ2v) is 9.37. The van der Waals surface area contributed by atoms with E-state index >= 15 is 0 Å². The first kappa shape index (κ1) is 25.6. The number of aromatic nitrogens is 2. The third-order valence-corrected chi connectivity index (χ3v) is 5.30. The molecule has 0 saturated carbocycles. The summed E-state index contributed by atoms with van der Waals surface area (Å²) in [6.07, 6.45) is 2.51. The lowest BCUT2D eigenvalue weighted by Gasteiger charge is -2.20. The van der Waals surface area contributed by atoms with Crippen LogP contribution in [0.2, 0.25) is 0 Å². The molecule has 0 fully saturated rings. The zero-order valence-electron chi connectivity index (χ0n) is 21.0. The van der Waals surface area contributed by atoms with Crippen LogP contribution in [0.25, 0.3) is 11.1 Å². The molecule has 0 radical (unpaired) electrons. The number of anilines is 1. The first-order valence-corrected chi connectivity index (χ1v) is 11.8. The lowest BCUT2D eigenvalue weighted by Crippen LogP contribution is -2.39. The van der Waals surface area contributed by atoms with Crippen LogP contribution in [0.15, 0.2) is 88.6 Å². The van der Waals surface area contributed by atoms with E-state index in [9.17, 15) is 9.18 Å². The summed E-state index contributed by atoms with van der Waals surface area (Å²) >= 11 is 0. The SMILES string of the molecule is CC(c1ccc(-c2ccccc2)c(F)c1)c1cc(N=C(NC(=O)OC(C)(C)C)Nc2cccnc2)on1. The Bertz CT molecular complexity index is 1380. The lowest BCUT2D eigenvalue weighted by molar-refractivity contribution is 0.0563. The van der Waals surface area contributed by atoms with Crippen molar-refractivity contribution in [2.75, 3.05) is 5.32 Å². The highest BCUT2D eigenvalue weighted by atomic mass is 19.1. The molecule has 4 aromatic rings. The van der Waals surface area contributed by atoms with Crippen LogP contribution >= 0.6 is 0 Å². The fourth-order valence-corrected chi connectivity index (χ4v) is 3.53. The van der Waals surface area contributed by atoms with Gasteiger partial charge < -0.3 is 14.6 Å². The van der Waals surface area contributed by atoms with Gasteiger partial charge in [0.2, 0.25) is 5.96 Å². The Labute approximate surface area is 214 Å². The predicted molar refractivity (Wildman–Crippen MR) is 140 cm³/mol. The van der Waals surface area contributed by atoms with E-state index in [2.05, 4.69) is 25.8 Å². The summed E-state index contributed by atoms with van der Waals surface area (Å²) in [6, 6.07) is 19.6. The molecular formula is C28H28FN5O3. The summed E-state index contributed by atoms with van der Waals surface area (Å²) in [6.45, 7) is 7.18. The van der Waals surface area contributed by atoms with E-state index in [1.54, 1.807) is 57.4 Å². The minimum absolute atomic E-state index is 0.0656. The van der Waals surface area contributed by atoms with Crippen molar-refractivity contribution in [3.63, 3.8) is 0 Å². The van der Waals surface area contributed by atoms with Crippen molar-refractivity contribution < 1.29 is 18.4 Å². The molecule has 37 heavy (non-hydrogen) atoms. The Morgan fingerprint density at radius 2 is 1.86 bits per heavy atom. The number of carbonyl (C=O) groups is 1. The van der Waals surface area contributed by atoms with Crippen LogP contribution < -0.4 is 10.6 Å². The van der Waals surface area contributed by atoms with Crippen LogP contribution in [0, 0.1) is 5.82 Å². The number of alkyl carbamates (subject to hydrolysis) is 1. The largest absolute Gasteiger partial charge is 0.444 e. The Balaban J connectivity index is 1.55. The molecule has 0 aliphatic rings. The number of aliphatic imine (C=N–C) groups is 1. The van der Waals surface area contributed by atoms with Crippen LogP contribution in [-0.4, -0.2) is 27.8 Å². The average Bonchev–Trinajstić information content (AvgIpc) is 3.32. The van der Waals surface area contributed by atoms with E-state index < -0.39 is 11.7 Å². The van der Waals surface area contributed by atoms with Crippen molar-refractivity contribution in [3.8, 4) is 11.1 Å². The fourth-order valence-electron chi connectivity index (χ4n) is 3.53. The molecule has 0 aliphatic heterocycles. The van der Waals surface area contributed by atoms with Crippen molar-refractivity contribution in [1.82, 2.24) is 15.5 Å². The number of benzene rings is 2. The van der Waals surface area contributed by atoms with Gasteiger partial charge in [0.05, 0.1) is 17.6 Å². The number of nitrogens with one attached hydrogen (secondary N) is 2. The summed E-state index contributed by atoms with van der Waals surface area (Å²) < 4.78 is 25.6. The van der Waals surface area contributed by atoms with Gasteiger partial charge in [0.1, 0.15) is 11.4 Å². The molecule has 1 atom stereocenters. The number of guanidine groups is 1. The quantitative estimate of drug-likeness (QED) is 0.234. The van der Waals surface area contributed by atoms with Crippen molar-refractivity contribution in [2.24, 2.45) is 4.99 Å². The Kier molecular flexibility index (Phi) is 7.62. The van der Waals surface area contributed by atoms with E-state index in [0.717, 1.165) is 11.1 Å². The van der Waals surface area contributed by atoms with Gasteiger partial charge in [-0.3, -0.25) is 10.3 Å². The van der Waals surface area contributed by atoms with Gasteiger partial charge in [-0.25, -0.2) is 9.18 Å². The number of ether oxygens (including phenoxy) is 1. The summed E-state index contributed by atoms with van der Waals surface area (Å²) in [5.41, 5.74) is 2.54. The molecule has 1 amide bonds. The molecule has 4 rings (SSSR count). The molecule has 1 unspecified atom stereocenters. The van der Waals surface area contributed by atoms with E-state index in [4.69, 9.17) is 9.26 Å². The number of pyridine rings is 1. The molecule has 2 aromatic carbocycles. The summed E-state index contributed by atoms with van der Waals surface area (Å²) in [5, 5.41) is 9.68. The number of rotatable bonds is 5. The highest BCUT2D eigenvalue weighted by molar-refractivity contribution is 6.03. The normalized spacial score (nSPS) is 12.6. The van der Waals surface area contributed by atoms with Crippen LogP contribution in [0.3, 0.4) is 0 Å². The minimum Gasteiger partial charge on any atom is -0.444 e. The zero-order valence-corrected chi connectivity index (χ0v) is 21.0. The number of halogens is 1.